The minimum Gasteiger partial charge on any atom is -0.200 e. The lowest BCUT2D eigenvalue weighted by Gasteiger charge is -2.43. The minimum absolute atomic E-state index is 0.718. The highest BCUT2D eigenvalue weighted by atomic mass is 28.3. The lowest BCUT2D eigenvalue weighted by molar-refractivity contribution is -0.659. The van der Waals surface area contributed by atoms with Gasteiger partial charge in [0.2, 0.25) is 17.1 Å². The molecule has 0 aliphatic rings. The number of benzene rings is 6. The molecule has 0 amide bonds. The molecule has 6 aromatic carbocycles. The van der Waals surface area contributed by atoms with E-state index in [4.69, 9.17) is 0 Å². The maximum absolute atomic E-state index is 2.53. The highest BCUT2D eigenvalue weighted by Gasteiger charge is 2.47. The maximum Gasteiger partial charge on any atom is 0.220 e. The molecule has 462 valence electrons. The van der Waals surface area contributed by atoms with E-state index in [2.05, 4.69) is 347 Å². The Morgan fingerprint density at radius 3 is 0.931 bits per heavy atom. The minimum atomic E-state index is -1.67. The molecule has 0 spiro atoms. The van der Waals surface area contributed by atoms with Crippen molar-refractivity contribution in [2.45, 2.75) is 216 Å². The first-order valence-corrected chi connectivity index (χ1v) is 40.0. The summed E-state index contributed by atoms with van der Waals surface area (Å²) in [5, 5.41) is 13.0. The Labute approximate surface area is 532 Å². The summed E-state index contributed by atoms with van der Waals surface area (Å²) in [5.41, 5.74) is 22.5. The van der Waals surface area contributed by atoms with E-state index in [-0.39, 0.29) is 0 Å². The first-order chi connectivity index (χ1) is 40.8. The highest BCUT2D eigenvalue weighted by Crippen LogP contribution is 2.45. The third-order valence-electron chi connectivity index (χ3n) is 21.6. The van der Waals surface area contributed by atoms with Crippen LogP contribution in [0.4, 0.5) is 0 Å². The molecule has 0 unspecified atom stereocenters. The summed E-state index contributed by atoms with van der Waals surface area (Å²) in [6.45, 7) is 57.3. The number of rotatable bonds is 15. The SMILES string of the molecule is Cc1cc(C)c(C)c(-c2c3ccc([Si](C(C)C)(C(C)C)C(C)C)cc3cc[n+]2C)c1.Cc1ccc(C)c(-c2c3ccc([Si](C(C)C)(C(C)C)C(C)C)cc3cc[n+]2C)c1.Cc1ccccc1-c1c2ccc([Si](C(C)C)(C(C)C)C(C)C)cc2cc[n+]1C. The van der Waals surface area contributed by atoms with E-state index >= 15 is 0 Å². The molecule has 0 aliphatic heterocycles. The van der Waals surface area contributed by atoms with Crippen molar-refractivity contribution in [3.63, 3.8) is 0 Å². The molecule has 0 aliphatic carbocycles. The van der Waals surface area contributed by atoms with Gasteiger partial charge in [0.25, 0.3) is 0 Å². The molecule has 9 aromatic rings. The van der Waals surface area contributed by atoms with Crippen LogP contribution in [0.2, 0.25) is 49.9 Å². The van der Waals surface area contributed by atoms with Gasteiger partial charge in [0.15, 0.2) is 18.6 Å². The summed E-state index contributed by atoms with van der Waals surface area (Å²) in [5.74, 6) is 0. The Morgan fingerprint density at radius 2 is 0.586 bits per heavy atom. The van der Waals surface area contributed by atoms with Gasteiger partial charge in [-0.15, -0.1) is 0 Å². The third kappa shape index (κ3) is 12.7. The van der Waals surface area contributed by atoms with E-state index in [1.54, 1.807) is 15.6 Å². The van der Waals surface area contributed by atoms with Crippen LogP contribution in [-0.4, -0.2) is 24.2 Å². The molecular weight excluding hydrogens is 1100 g/mol. The smallest absolute Gasteiger partial charge is 0.200 e. The molecule has 0 fully saturated rings. The van der Waals surface area contributed by atoms with Gasteiger partial charge < -0.3 is 0 Å². The van der Waals surface area contributed by atoms with Crippen LogP contribution >= 0.6 is 0 Å². The zero-order valence-corrected chi connectivity index (χ0v) is 62.4. The number of aryl methyl sites for hydroxylation is 8. The summed E-state index contributed by atoms with van der Waals surface area (Å²) in [6, 6.07) is 49.2. The van der Waals surface area contributed by atoms with E-state index in [0.29, 0.717) is 0 Å². The third-order valence-corrected chi connectivity index (χ3v) is 42.8. The van der Waals surface area contributed by atoms with Crippen molar-refractivity contribution >= 4 is 72.1 Å². The van der Waals surface area contributed by atoms with Crippen LogP contribution < -0.4 is 29.3 Å². The number of nitrogens with zero attached hydrogens (tertiary/aromatic N) is 3. The normalized spacial score (nSPS) is 12.6. The van der Waals surface area contributed by atoms with Crippen LogP contribution in [0.15, 0.2) is 146 Å². The largest absolute Gasteiger partial charge is 0.220 e. The fourth-order valence-electron chi connectivity index (χ4n) is 18.0. The van der Waals surface area contributed by atoms with Gasteiger partial charge >= 0.3 is 0 Å². The second-order valence-electron chi connectivity index (χ2n) is 29.3. The van der Waals surface area contributed by atoms with Crippen LogP contribution in [0.1, 0.15) is 158 Å². The van der Waals surface area contributed by atoms with Crippen LogP contribution in [0.25, 0.3) is 66.1 Å². The molecule has 0 bridgehead atoms. The van der Waals surface area contributed by atoms with Crippen molar-refractivity contribution in [1.29, 1.82) is 0 Å². The van der Waals surface area contributed by atoms with Gasteiger partial charge in [0, 0.05) is 29.3 Å². The average Bonchev–Trinajstić information content (AvgIpc) is 0.890. The number of hydrogen-bond donors (Lipinski definition) is 0. The first kappa shape index (κ1) is 68.7. The summed E-state index contributed by atoms with van der Waals surface area (Å²) in [7, 11) is 1.53. The second-order valence-corrected chi connectivity index (χ2v) is 47.0. The fraction of sp³-hybridized carbons (Fsp3) is 0.444. The number of pyridine rings is 3. The first-order valence-electron chi connectivity index (χ1n) is 33.3. The lowest BCUT2D eigenvalue weighted by Crippen LogP contribution is -2.55. The predicted octanol–water partition coefficient (Wildman–Crippen LogP) is 20.5. The molecule has 3 aromatic heterocycles. The van der Waals surface area contributed by atoms with Gasteiger partial charge in [-0.3, -0.25) is 0 Å². The number of fused-ring (bicyclic) bond motifs is 3. The summed E-state index contributed by atoms with van der Waals surface area (Å²) < 4.78 is 6.84. The number of aromatic nitrogens is 3. The van der Waals surface area contributed by atoms with Crippen molar-refractivity contribution in [1.82, 2.24) is 0 Å². The molecule has 0 N–H and O–H groups in total. The standard InChI is InChI=1S/C28H40NSi.C27H38NSi.C26H36NSi/c1-18(2)30(19(3)4,20(5)6)25-11-12-26-24(17-25)13-14-29(10)28(26)27-16-21(7)15-22(8)23(27)9;1-18(2)29(19(3)4,20(5)6)24-12-13-25-23(17-24)14-15-28(9)27(25)26-16-21(7)10-11-22(26)8;1-18(2)28(19(3)4,20(5)6)23-13-14-25-22(17-23)15-16-27(8)26(25)24-12-10-9-11-21(24)7/h11-20H,1-10H3;10-20H,1-9H3;9-20H,1-8H3/q3*+1. The fourth-order valence-corrected chi connectivity index (χ4v) is 38.4. The molecule has 3 heterocycles. The van der Waals surface area contributed by atoms with E-state index in [1.807, 2.05) is 0 Å². The van der Waals surface area contributed by atoms with Crippen LogP contribution in [0, 0.1) is 41.5 Å². The molecule has 9 rings (SSSR count). The van der Waals surface area contributed by atoms with Crippen LogP contribution in [0.5, 0.6) is 0 Å². The summed E-state index contributed by atoms with van der Waals surface area (Å²) >= 11 is 0. The van der Waals surface area contributed by atoms with E-state index in [0.717, 1.165) is 49.9 Å². The van der Waals surface area contributed by atoms with Gasteiger partial charge in [-0.2, -0.15) is 0 Å². The lowest BCUT2D eigenvalue weighted by atomic mass is 9.94. The molecule has 6 heteroatoms. The molecule has 0 saturated heterocycles. The monoisotopic (exact) mass is 1210 g/mol. The van der Waals surface area contributed by atoms with Crippen molar-refractivity contribution < 1.29 is 13.7 Å². The summed E-state index contributed by atoms with van der Waals surface area (Å²) in [4.78, 5) is 0. The quantitative estimate of drug-likeness (QED) is 0.0716. The van der Waals surface area contributed by atoms with Crippen LogP contribution in [-0.2, 0) is 21.1 Å². The Bertz CT molecular complexity index is 3830. The molecule has 3 nitrogen and oxygen atoms in total. The molecule has 0 radical (unpaired) electrons. The van der Waals surface area contributed by atoms with Crippen molar-refractivity contribution in [3.05, 3.63) is 179 Å². The van der Waals surface area contributed by atoms with Gasteiger partial charge in [-0.05, 0) is 166 Å². The Kier molecular flexibility index (Phi) is 21.7. The van der Waals surface area contributed by atoms with E-state index in [9.17, 15) is 0 Å². The zero-order chi connectivity index (χ0) is 64.5. The topological polar surface area (TPSA) is 11.6 Å². The predicted molar refractivity (Wildman–Crippen MR) is 392 cm³/mol. The Balaban J connectivity index is 0.000000187. The van der Waals surface area contributed by atoms with Crippen molar-refractivity contribution in [2.24, 2.45) is 21.1 Å². The molecule has 87 heavy (non-hydrogen) atoms. The van der Waals surface area contributed by atoms with E-state index in [1.165, 1.54) is 99.5 Å². The number of hydrogen-bond acceptors (Lipinski definition) is 0. The van der Waals surface area contributed by atoms with Gasteiger partial charge in [-0.1, -0.05) is 224 Å². The molecule has 0 saturated carbocycles. The molecule has 0 atom stereocenters. The van der Waals surface area contributed by atoms with Crippen LogP contribution in [0.3, 0.4) is 0 Å². The van der Waals surface area contributed by atoms with Gasteiger partial charge in [0.1, 0.15) is 21.1 Å². The van der Waals surface area contributed by atoms with Crippen molar-refractivity contribution in [2.75, 3.05) is 0 Å². The maximum atomic E-state index is 2.53. The van der Waals surface area contributed by atoms with Gasteiger partial charge in [0.05, 0.1) is 45.9 Å². The Hall–Kier alpha value is -5.80. The molecular formula is C81H114N3Si3+3. The highest BCUT2D eigenvalue weighted by molar-refractivity contribution is 6.96. The summed E-state index contributed by atoms with van der Waals surface area (Å²) in [6.07, 6.45) is 6.69. The Morgan fingerprint density at radius 1 is 0.276 bits per heavy atom. The van der Waals surface area contributed by atoms with E-state index < -0.39 is 24.2 Å². The average molecular weight is 1210 g/mol. The second kappa shape index (κ2) is 27.5. The van der Waals surface area contributed by atoms with Crippen molar-refractivity contribution in [3.8, 4) is 33.8 Å². The zero-order valence-electron chi connectivity index (χ0n) is 59.4. The van der Waals surface area contributed by atoms with Gasteiger partial charge in [-0.25, -0.2) is 13.7 Å².